The summed E-state index contributed by atoms with van der Waals surface area (Å²) in [6.45, 7) is 0. The largest absolute Gasteiger partial charge is 0.365 e. The molecular weight excluding hydrogens is 251 g/mol. The highest BCUT2D eigenvalue weighted by Crippen LogP contribution is 2.12. The van der Waals surface area contributed by atoms with E-state index in [0.29, 0.717) is 5.56 Å². The van der Waals surface area contributed by atoms with E-state index in [1.54, 1.807) is 12.1 Å². The maximum absolute atomic E-state index is 13.1. The van der Waals surface area contributed by atoms with Crippen LogP contribution in [0.5, 0.6) is 0 Å². The molecule has 0 saturated heterocycles. The van der Waals surface area contributed by atoms with E-state index in [1.165, 1.54) is 12.3 Å². The Morgan fingerprint density at radius 2 is 2.21 bits per heavy atom. The Labute approximate surface area is 88.6 Å². The van der Waals surface area contributed by atoms with Crippen molar-refractivity contribution in [1.82, 2.24) is 0 Å². The van der Waals surface area contributed by atoms with Gasteiger partial charge in [-0.1, -0.05) is 15.9 Å². The molecule has 4 nitrogen and oxygen atoms in total. The number of guanidine groups is 1. The molecule has 1 rings (SSSR count). The number of hydrazone groups is 1. The molecule has 0 atom stereocenters. The van der Waals surface area contributed by atoms with Crippen molar-refractivity contribution in [3.05, 3.63) is 34.1 Å². The Hall–Kier alpha value is -1.43. The van der Waals surface area contributed by atoms with Crippen molar-refractivity contribution in [2.45, 2.75) is 0 Å². The Bertz CT molecular complexity index is 385. The summed E-state index contributed by atoms with van der Waals surface area (Å²) in [7, 11) is 0. The highest BCUT2D eigenvalue weighted by Gasteiger charge is 2.01. The van der Waals surface area contributed by atoms with Crippen LogP contribution in [0, 0.1) is 5.82 Å². The van der Waals surface area contributed by atoms with Crippen molar-refractivity contribution in [3.63, 3.8) is 0 Å². The highest BCUT2D eigenvalue weighted by atomic mass is 79.9. The van der Waals surface area contributed by atoms with Gasteiger partial charge in [0.05, 0.1) is 5.56 Å². The second kappa shape index (κ2) is 4.71. The molecule has 74 valence electrons. The predicted octanol–water partition coefficient (Wildman–Crippen LogP) is -0.724. The molecule has 0 aliphatic carbocycles. The van der Waals surface area contributed by atoms with E-state index in [4.69, 9.17) is 11.5 Å². The molecular formula is C8H9BrFN4+. The van der Waals surface area contributed by atoms with Crippen molar-refractivity contribution in [2.24, 2.45) is 16.6 Å². The van der Waals surface area contributed by atoms with E-state index in [-0.39, 0.29) is 11.8 Å². The summed E-state index contributed by atoms with van der Waals surface area (Å²) >= 11 is 3.22. The van der Waals surface area contributed by atoms with E-state index < -0.39 is 0 Å². The number of nitrogens with two attached hydrogens (primary N) is 2. The van der Waals surface area contributed by atoms with Crippen LogP contribution in [0.15, 0.2) is 27.8 Å². The molecule has 0 amide bonds. The molecule has 0 aromatic heterocycles. The van der Waals surface area contributed by atoms with E-state index in [2.05, 4.69) is 26.1 Å². The van der Waals surface area contributed by atoms with E-state index in [0.717, 1.165) is 4.47 Å². The first kappa shape index (κ1) is 10.6. The van der Waals surface area contributed by atoms with Gasteiger partial charge in [-0.25, -0.2) is 4.39 Å². The van der Waals surface area contributed by atoms with Crippen LogP contribution in [-0.2, 0) is 0 Å². The predicted molar refractivity (Wildman–Crippen MR) is 56.0 cm³/mol. The lowest BCUT2D eigenvalue weighted by molar-refractivity contribution is -0.456. The topological polar surface area (TPSA) is 78.4 Å². The minimum Gasteiger partial charge on any atom is -0.365 e. The SMILES string of the molecule is NC(N)=N/[NH+]=C/c1cc(Br)ccc1F. The fourth-order valence-corrected chi connectivity index (χ4v) is 1.18. The summed E-state index contributed by atoms with van der Waals surface area (Å²) in [6.07, 6.45) is 1.36. The van der Waals surface area contributed by atoms with Gasteiger partial charge >= 0.3 is 0 Å². The molecule has 0 bridgehead atoms. The van der Waals surface area contributed by atoms with Crippen LogP contribution in [0.3, 0.4) is 0 Å². The van der Waals surface area contributed by atoms with Crippen molar-refractivity contribution < 1.29 is 9.49 Å². The van der Waals surface area contributed by atoms with Crippen LogP contribution in [0.1, 0.15) is 5.56 Å². The van der Waals surface area contributed by atoms with E-state index >= 15 is 0 Å². The third-order valence-electron chi connectivity index (χ3n) is 1.37. The molecule has 0 unspecified atom stereocenters. The van der Waals surface area contributed by atoms with Crippen molar-refractivity contribution in [3.8, 4) is 0 Å². The minimum atomic E-state index is -0.355. The third-order valence-corrected chi connectivity index (χ3v) is 1.86. The number of hydrogen-bond acceptors (Lipinski definition) is 1. The molecule has 6 heteroatoms. The molecule has 1 aromatic rings. The minimum absolute atomic E-state index is 0.114. The summed E-state index contributed by atoms with van der Waals surface area (Å²) in [5.41, 5.74) is 10.5. The molecule has 0 spiro atoms. The van der Waals surface area contributed by atoms with Gasteiger partial charge in [0.25, 0.3) is 5.96 Å². The van der Waals surface area contributed by atoms with Gasteiger partial charge in [-0.2, -0.15) is 0 Å². The molecule has 1 aromatic carbocycles. The number of halogens is 2. The van der Waals surface area contributed by atoms with Crippen LogP contribution in [-0.4, -0.2) is 12.2 Å². The molecule has 0 aliphatic rings. The summed E-state index contributed by atoms with van der Waals surface area (Å²) in [5.74, 6) is -0.469. The number of benzene rings is 1. The van der Waals surface area contributed by atoms with Crippen molar-refractivity contribution >= 4 is 28.1 Å². The lowest BCUT2D eigenvalue weighted by Crippen LogP contribution is -2.63. The highest BCUT2D eigenvalue weighted by molar-refractivity contribution is 9.10. The lowest BCUT2D eigenvalue weighted by Gasteiger charge is -1.92. The normalized spacial score (nSPS) is 10.4. The second-order valence-corrected chi connectivity index (χ2v) is 3.39. The average molecular weight is 260 g/mol. The van der Waals surface area contributed by atoms with Crippen LogP contribution >= 0.6 is 15.9 Å². The monoisotopic (exact) mass is 259 g/mol. The summed E-state index contributed by atoms with van der Waals surface area (Å²) in [6, 6.07) is 4.55. The fourth-order valence-electron chi connectivity index (χ4n) is 0.802. The van der Waals surface area contributed by atoms with Gasteiger partial charge in [0, 0.05) is 9.57 Å². The molecule has 5 N–H and O–H groups in total. The van der Waals surface area contributed by atoms with Gasteiger partial charge in [-0.15, -0.1) is 5.10 Å². The van der Waals surface area contributed by atoms with Crippen LogP contribution in [0.2, 0.25) is 0 Å². The Balaban J connectivity index is 2.91. The zero-order valence-electron chi connectivity index (χ0n) is 7.17. The average Bonchev–Trinajstić information content (AvgIpc) is 2.10. The van der Waals surface area contributed by atoms with Gasteiger partial charge in [0.1, 0.15) is 5.82 Å². The van der Waals surface area contributed by atoms with Gasteiger partial charge in [-0.05, 0) is 18.2 Å². The molecule has 0 heterocycles. The first-order valence-corrected chi connectivity index (χ1v) is 4.51. The quantitative estimate of drug-likeness (QED) is 0.372. The molecule has 0 radical (unpaired) electrons. The summed E-state index contributed by atoms with van der Waals surface area (Å²) in [4.78, 5) is 0. The molecule has 0 saturated carbocycles. The van der Waals surface area contributed by atoms with Gasteiger partial charge in [0.15, 0.2) is 0 Å². The fraction of sp³-hybridized carbons (Fsp3) is 0. The smallest absolute Gasteiger partial charge is 0.256 e. The van der Waals surface area contributed by atoms with Crippen LogP contribution < -0.4 is 16.6 Å². The second-order valence-electron chi connectivity index (χ2n) is 2.48. The van der Waals surface area contributed by atoms with Gasteiger partial charge in [0.2, 0.25) is 6.21 Å². The molecule has 14 heavy (non-hydrogen) atoms. The first-order valence-electron chi connectivity index (χ1n) is 3.72. The van der Waals surface area contributed by atoms with Gasteiger partial charge in [-0.3, -0.25) is 0 Å². The maximum atomic E-state index is 13.1. The zero-order chi connectivity index (χ0) is 10.6. The zero-order valence-corrected chi connectivity index (χ0v) is 8.75. The molecule has 0 aliphatic heterocycles. The lowest BCUT2D eigenvalue weighted by atomic mass is 10.2. The maximum Gasteiger partial charge on any atom is 0.256 e. The molecule has 0 fully saturated rings. The third kappa shape index (κ3) is 3.14. The van der Waals surface area contributed by atoms with Crippen molar-refractivity contribution in [2.75, 3.05) is 0 Å². The summed E-state index contributed by atoms with van der Waals surface area (Å²) in [5, 5.41) is 5.90. The van der Waals surface area contributed by atoms with E-state index in [1.807, 2.05) is 0 Å². The van der Waals surface area contributed by atoms with E-state index in [9.17, 15) is 4.39 Å². The number of nitrogens with zero attached hydrogens (tertiary/aromatic N) is 1. The number of rotatable bonds is 2. The van der Waals surface area contributed by atoms with Crippen LogP contribution in [0.25, 0.3) is 0 Å². The Morgan fingerprint density at radius 1 is 1.50 bits per heavy atom. The van der Waals surface area contributed by atoms with Gasteiger partial charge < -0.3 is 11.5 Å². The van der Waals surface area contributed by atoms with Crippen LogP contribution in [0.4, 0.5) is 4.39 Å². The number of hydrogen-bond donors (Lipinski definition) is 3. The number of nitrogens with one attached hydrogen (secondary N) is 1. The Morgan fingerprint density at radius 3 is 2.86 bits per heavy atom. The first-order chi connectivity index (χ1) is 6.59. The Kier molecular flexibility index (Phi) is 3.58. The summed E-state index contributed by atoms with van der Waals surface area (Å²) < 4.78 is 13.9. The van der Waals surface area contributed by atoms with Crippen molar-refractivity contribution in [1.29, 1.82) is 0 Å². The standard InChI is InChI=1S/C8H8BrFN4/c9-6-1-2-7(10)5(3-6)4-13-14-8(11)12/h1-4H,(H4,11,12,14)/p+1/b13-4+.